The second-order valence-electron chi connectivity index (χ2n) is 3.39. The lowest BCUT2D eigenvalue weighted by molar-refractivity contribution is 0.588. The molecule has 0 aliphatic rings. The normalized spacial score (nSPS) is 11.9. The molecule has 2 aromatic heterocycles. The highest BCUT2D eigenvalue weighted by molar-refractivity contribution is 7.89. The number of aromatic nitrogens is 4. The summed E-state index contributed by atoms with van der Waals surface area (Å²) in [5.74, 6) is 0.829. The number of hydrogen-bond acceptors (Lipinski definition) is 6. The molecule has 0 unspecified atom stereocenters. The van der Waals surface area contributed by atoms with E-state index in [4.69, 9.17) is 11.6 Å². The zero-order valence-corrected chi connectivity index (χ0v) is 11.0. The van der Waals surface area contributed by atoms with E-state index < -0.39 is 10.0 Å². The van der Waals surface area contributed by atoms with Gasteiger partial charge in [-0.3, -0.25) is 0 Å². The van der Waals surface area contributed by atoms with E-state index in [9.17, 15) is 8.42 Å². The summed E-state index contributed by atoms with van der Waals surface area (Å²) in [7, 11) is -1.88. The van der Waals surface area contributed by atoms with Crippen LogP contribution in [0.2, 0.25) is 5.15 Å². The Hall–Kier alpha value is -1.45. The van der Waals surface area contributed by atoms with Crippen molar-refractivity contribution in [1.82, 2.24) is 24.3 Å². The Labute approximate surface area is 108 Å². The van der Waals surface area contributed by atoms with Crippen LogP contribution >= 0.6 is 11.6 Å². The van der Waals surface area contributed by atoms with E-state index in [1.54, 1.807) is 6.07 Å². The first-order chi connectivity index (χ1) is 8.52. The number of fused-ring (bicyclic) bond motifs is 1. The van der Waals surface area contributed by atoms with Gasteiger partial charge in [0.2, 0.25) is 10.0 Å². The van der Waals surface area contributed by atoms with Crippen LogP contribution in [-0.4, -0.2) is 47.3 Å². The van der Waals surface area contributed by atoms with Gasteiger partial charge < -0.3 is 5.32 Å². The molecule has 10 heteroatoms. The number of rotatable bonds is 5. The fourth-order valence-corrected chi connectivity index (χ4v) is 2.08. The van der Waals surface area contributed by atoms with Crippen LogP contribution in [0.15, 0.2) is 12.4 Å². The van der Waals surface area contributed by atoms with Crippen molar-refractivity contribution in [2.75, 3.05) is 24.7 Å². The first kappa shape index (κ1) is 13.0. The number of nitrogens with zero attached hydrogens (tertiary/aromatic N) is 4. The third kappa shape index (κ3) is 2.86. The summed E-state index contributed by atoms with van der Waals surface area (Å²) in [6, 6.07) is 1.55. The van der Waals surface area contributed by atoms with Gasteiger partial charge in [0, 0.05) is 12.6 Å². The quantitative estimate of drug-likeness (QED) is 0.736. The molecular weight excluding hydrogens is 280 g/mol. The molecule has 0 bridgehead atoms. The maximum absolute atomic E-state index is 11.2. The molecule has 0 aromatic carbocycles. The SMILES string of the molecule is CNS(=O)(=O)CCNc1cc(Cl)nc2ncnn12. The topological polar surface area (TPSA) is 101 Å². The van der Waals surface area contributed by atoms with Crippen LogP contribution in [0, 0.1) is 0 Å². The van der Waals surface area contributed by atoms with Crippen molar-refractivity contribution >= 4 is 33.2 Å². The summed E-state index contributed by atoms with van der Waals surface area (Å²) in [6.07, 6.45) is 1.34. The smallest absolute Gasteiger partial charge is 0.255 e. The van der Waals surface area contributed by atoms with Crippen molar-refractivity contribution in [1.29, 1.82) is 0 Å². The van der Waals surface area contributed by atoms with Gasteiger partial charge in [-0.2, -0.15) is 19.6 Å². The number of halogens is 1. The maximum atomic E-state index is 11.2. The van der Waals surface area contributed by atoms with Crippen molar-refractivity contribution in [2.24, 2.45) is 0 Å². The van der Waals surface area contributed by atoms with Crippen LogP contribution in [0.5, 0.6) is 0 Å². The first-order valence-corrected chi connectivity index (χ1v) is 7.06. The van der Waals surface area contributed by atoms with Crippen molar-refractivity contribution in [3.63, 3.8) is 0 Å². The Bertz CT molecular complexity index is 655. The molecule has 0 saturated carbocycles. The number of sulfonamides is 1. The van der Waals surface area contributed by atoms with Gasteiger partial charge in [-0.15, -0.1) is 0 Å². The number of nitrogens with one attached hydrogen (secondary N) is 2. The lowest BCUT2D eigenvalue weighted by atomic mass is 10.5. The van der Waals surface area contributed by atoms with E-state index in [0.29, 0.717) is 11.6 Å². The Morgan fingerprint density at radius 3 is 3.00 bits per heavy atom. The van der Waals surface area contributed by atoms with Crippen molar-refractivity contribution < 1.29 is 8.42 Å². The average Bonchev–Trinajstić information content (AvgIpc) is 2.76. The summed E-state index contributed by atoms with van der Waals surface area (Å²) in [5.41, 5.74) is 0. The highest BCUT2D eigenvalue weighted by Crippen LogP contribution is 2.13. The Kier molecular flexibility index (Phi) is 3.64. The molecule has 0 aliphatic carbocycles. The van der Waals surface area contributed by atoms with Gasteiger partial charge in [-0.1, -0.05) is 11.6 Å². The summed E-state index contributed by atoms with van der Waals surface area (Å²) in [5, 5.41) is 7.13. The van der Waals surface area contributed by atoms with Gasteiger partial charge in [0.1, 0.15) is 17.3 Å². The Balaban J connectivity index is 2.14. The Morgan fingerprint density at radius 1 is 1.50 bits per heavy atom. The van der Waals surface area contributed by atoms with Crippen molar-refractivity contribution in [2.45, 2.75) is 0 Å². The fourth-order valence-electron chi connectivity index (χ4n) is 1.32. The van der Waals surface area contributed by atoms with Crippen molar-refractivity contribution in [3.8, 4) is 0 Å². The zero-order chi connectivity index (χ0) is 13.2. The number of anilines is 1. The highest BCUT2D eigenvalue weighted by Gasteiger charge is 2.09. The molecular formula is C8H11ClN6O2S. The molecule has 0 spiro atoms. The minimum Gasteiger partial charge on any atom is -0.369 e. The molecule has 2 rings (SSSR count). The highest BCUT2D eigenvalue weighted by atomic mass is 35.5. The van der Waals surface area contributed by atoms with E-state index >= 15 is 0 Å². The summed E-state index contributed by atoms with van der Waals surface area (Å²) < 4.78 is 26.2. The molecule has 2 heterocycles. The molecule has 8 nitrogen and oxygen atoms in total. The molecule has 0 radical (unpaired) electrons. The van der Waals surface area contributed by atoms with E-state index in [1.807, 2.05) is 0 Å². The molecule has 2 aromatic rings. The van der Waals surface area contributed by atoms with Crippen LogP contribution in [-0.2, 0) is 10.0 Å². The predicted molar refractivity (Wildman–Crippen MR) is 67.1 cm³/mol. The second kappa shape index (κ2) is 5.04. The van der Waals surface area contributed by atoms with Gasteiger partial charge in [0.15, 0.2) is 0 Å². The monoisotopic (exact) mass is 290 g/mol. The summed E-state index contributed by atoms with van der Waals surface area (Å²) in [4.78, 5) is 7.85. The minimum atomic E-state index is -3.25. The zero-order valence-electron chi connectivity index (χ0n) is 9.46. The molecule has 0 fully saturated rings. The number of hydrogen-bond donors (Lipinski definition) is 2. The van der Waals surface area contributed by atoms with Gasteiger partial charge in [0.25, 0.3) is 5.78 Å². The standard InChI is InChI=1S/C8H11ClN6O2S/c1-10-18(16,17)3-2-11-7-4-6(9)14-8-12-5-13-15(7)8/h4-5,10-11H,2-3H2,1H3. The van der Waals surface area contributed by atoms with Gasteiger partial charge >= 0.3 is 0 Å². The molecule has 0 saturated heterocycles. The third-order valence-electron chi connectivity index (χ3n) is 2.21. The summed E-state index contributed by atoms with van der Waals surface area (Å²) >= 11 is 5.81. The third-order valence-corrected chi connectivity index (χ3v) is 3.77. The summed E-state index contributed by atoms with van der Waals surface area (Å²) in [6.45, 7) is 0.221. The van der Waals surface area contributed by atoms with Crippen LogP contribution < -0.4 is 10.0 Å². The van der Waals surface area contributed by atoms with Crippen LogP contribution in [0.4, 0.5) is 5.82 Å². The molecule has 18 heavy (non-hydrogen) atoms. The van der Waals surface area contributed by atoms with Crippen LogP contribution in [0.25, 0.3) is 5.78 Å². The van der Waals surface area contributed by atoms with E-state index in [2.05, 4.69) is 25.1 Å². The Morgan fingerprint density at radius 2 is 2.28 bits per heavy atom. The van der Waals surface area contributed by atoms with E-state index in [-0.39, 0.29) is 17.5 Å². The lowest BCUT2D eigenvalue weighted by Crippen LogP contribution is -2.26. The fraction of sp³-hybridized carbons (Fsp3) is 0.375. The van der Waals surface area contributed by atoms with Crippen molar-refractivity contribution in [3.05, 3.63) is 17.5 Å². The maximum Gasteiger partial charge on any atom is 0.255 e. The van der Waals surface area contributed by atoms with Crippen LogP contribution in [0.3, 0.4) is 0 Å². The van der Waals surface area contributed by atoms with Gasteiger partial charge in [-0.25, -0.2) is 13.1 Å². The average molecular weight is 291 g/mol. The second-order valence-corrected chi connectivity index (χ2v) is 5.82. The predicted octanol–water partition coefficient (Wildman–Crippen LogP) is -0.261. The largest absolute Gasteiger partial charge is 0.369 e. The molecule has 0 amide bonds. The van der Waals surface area contributed by atoms with Gasteiger partial charge in [-0.05, 0) is 7.05 Å². The minimum absolute atomic E-state index is 0.0559. The molecule has 2 N–H and O–H groups in total. The molecule has 98 valence electrons. The first-order valence-electron chi connectivity index (χ1n) is 5.03. The molecule has 0 atom stereocenters. The van der Waals surface area contributed by atoms with E-state index in [1.165, 1.54) is 17.9 Å². The lowest BCUT2D eigenvalue weighted by Gasteiger charge is -2.08. The van der Waals surface area contributed by atoms with Crippen LogP contribution in [0.1, 0.15) is 0 Å². The van der Waals surface area contributed by atoms with E-state index in [0.717, 1.165) is 0 Å². The molecule has 0 aliphatic heterocycles. The van der Waals surface area contributed by atoms with Gasteiger partial charge in [0.05, 0.1) is 5.75 Å².